The van der Waals surface area contributed by atoms with Crippen molar-refractivity contribution in [2.75, 3.05) is 26.2 Å². The van der Waals surface area contributed by atoms with Gasteiger partial charge in [0.15, 0.2) is 0 Å². The molecule has 0 radical (unpaired) electrons. The van der Waals surface area contributed by atoms with Crippen LogP contribution in [0.25, 0.3) is 0 Å². The molecule has 0 aromatic heterocycles. The van der Waals surface area contributed by atoms with Gasteiger partial charge in [0.2, 0.25) is 0 Å². The molecule has 0 aliphatic carbocycles. The Morgan fingerprint density at radius 3 is 2.76 bits per heavy atom. The van der Waals surface area contributed by atoms with E-state index in [1.54, 1.807) is 0 Å². The van der Waals surface area contributed by atoms with Crippen LogP contribution in [-0.4, -0.2) is 49.2 Å². The second-order valence-electron chi connectivity index (χ2n) is 4.66. The van der Waals surface area contributed by atoms with E-state index in [-0.39, 0.29) is 12.0 Å². The van der Waals surface area contributed by atoms with Crippen LogP contribution in [-0.2, 0) is 9.53 Å². The SMILES string of the molecule is CCOC(=O)C(C)N(CC)CC1CCCCN1. The molecule has 1 saturated heterocycles. The summed E-state index contributed by atoms with van der Waals surface area (Å²) < 4.78 is 5.07. The van der Waals surface area contributed by atoms with E-state index < -0.39 is 0 Å². The average Bonchev–Trinajstić information content (AvgIpc) is 2.36. The summed E-state index contributed by atoms with van der Waals surface area (Å²) in [7, 11) is 0. The zero-order valence-electron chi connectivity index (χ0n) is 11.4. The van der Waals surface area contributed by atoms with E-state index in [2.05, 4.69) is 17.1 Å². The molecule has 1 aliphatic rings. The van der Waals surface area contributed by atoms with Crippen molar-refractivity contribution in [3.05, 3.63) is 0 Å². The molecule has 4 heteroatoms. The Morgan fingerprint density at radius 2 is 2.24 bits per heavy atom. The van der Waals surface area contributed by atoms with E-state index in [0.717, 1.165) is 19.6 Å². The Bertz CT molecular complexity index is 227. The van der Waals surface area contributed by atoms with Crippen LogP contribution >= 0.6 is 0 Å². The minimum absolute atomic E-state index is 0.106. The monoisotopic (exact) mass is 242 g/mol. The van der Waals surface area contributed by atoms with E-state index >= 15 is 0 Å². The molecule has 0 bridgehead atoms. The average molecular weight is 242 g/mol. The largest absolute Gasteiger partial charge is 0.465 e. The zero-order valence-corrected chi connectivity index (χ0v) is 11.4. The summed E-state index contributed by atoms with van der Waals surface area (Å²) in [5.41, 5.74) is 0. The molecule has 2 atom stereocenters. The maximum absolute atomic E-state index is 11.7. The molecule has 1 aliphatic heterocycles. The number of nitrogens with one attached hydrogen (secondary N) is 1. The first kappa shape index (κ1) is 14.5. The van der Waals surface area contributed by atoms with Crippen molar-refractivity contribution in [3.8, 4) is 0 Å². The van der Waals surface area contributed by atoms with Crippen LogP contribution < -0.4 is 5.32 Å². The third-order valence-corrected chi connectivity index (χ3v) is 3.45. The summed E-state index contributed by atoms with van der Waals surface area (Å²) in [4.78, 5) is 13.9. The number of carbonyl (C=O) groups excluding carboxylic acids is 1. The van der Waals surface area contributed by atoms with Crippen molar-refractivity contribution in [1.82, 2.24) is 10.2 Å². The van der Waals surface area contributed by atoms with E-state index in [0.29, 0.717) is 12.6 Å². The predicted molar refractivity (Wildman–Crippen MR) is 69.0 cm³/mol. The van der Waals surface area contributed by atoms with Crippen molar-refractivity contribution in [1.29, 1.82) is 0 Å². The van der Waals surface area contributed by atoms with Gasteiger partial charge in [-0.3, -0.25) is 9.69 Å². The van der Waals surface area contributed by atoms with Gasteiger partial charge in [0, 0.05) is 12.6 Å². The van der Waals surface area contributed by atoms with Crippen molar-refractivity contribution in [2.45, 2.75) is 52.1 Å². The first-order chi connectivity index (χ1) is 8.19. The fourth-order valence-electron chi connectivity index (χ4n) is 2.34. The normalized spacial score (nSPS) is 22.5. The van der Waals surface area contributed by atoms with Gasteiger partial charge in [-0.05, 0) is 39.8 Å². The molecule has 0 spiro atoms. The van der Waals surface area contributed by atoms with Crippen LogP contribution in [0, 0.1) is 0 Å². The molecule has 0 saturated carbocycles. The van der Waals surface area contributed by atoms with Crippen LogP contribution in [0.5, 0.6) is 0 Å². The molecule has 1 rings (SSSR count). The lowest BCUT2D eigenvalue weighted by molar-refractivity contribution is -0.148. The van der Waals surface area contributed by atoms with Gasteiger partial charge in [0.05, 0.1) is 6.61 Å². The molecular formula is C13H26N2O2. The van der Waals surface area contributed by atoms with E-state index in [1.807, 2.05) is 13.8 Å². The lowest BCUT2D eigenvalue weighted by Gasteiger charge is -2.32. The highest BCUT2D eigenvalue weighted by Crippen LogP contribution is 2.11. The van der Waals surface area contributed by atoms with Crippen molar-refractivity contribution in [2.24, 2.45) is 0 Å². The fraction of sp³-hybridized carbons (Fsp3) is 0.923. The highest BCUT2D eigenvalue weighted by molar-refractivity contribution is 5.75. The molecule has 0 aromatic rings. The molecule has 1 fully saturated rings. The van der Waals surface area contributed by atoms with Crippen molar-refractivity contribution < 1.29 is 9.53 Å². The molecule has 17 heavy (non-hydrogen) atoms. The third-order valence-electron chi connectivity index (χ3n) is 3.45. The molecule has 4 nitrogen and oxygen atoms in total. The summed E-state index contributed by atoms with van der Waals surface area (Å²) in [5.74, 6) is -0.106. The topological polar surface area (TPSA) is 41.6 Å². The Hall–Kier alpha value is -0.610. The number of nitrogens with zero attached hydrogens (tertiary/aromatic N) is 1. The number of ether oxygens (including phenoxy) is 1. The van der Waals surface area contributed by atoms with E-state index in [4.69, 9.17) is 4.74 Å². The summed E-state index contributed by atoms with van der Waals surface area (Å²) in [6, 6.07) is 0.393. The summed E-state index contributed by atoms with van der Waals surface area (Å²) >= 11 is 0. The van der Waals surface area contributed by atoms with E-state index in [1.165, 1.54) is 19.3 Å². The standard InChI is InChI=1S/C13H26N2O2/c1-4-15(11(3)13(16)17-5-2)10-12-8-6-7-9-14-12/h11-12,14H,4-10H2,1-3H3. The summed E-state index contributed by atoms with van der Waals surface area (Å²) in [5, 5.41) is 3.52. The Morgan fingerprint density at radius 1 is 1.47 bits per heavy atom. The van der Waals surface area contributed by atoms with Crippen molar-refractivity contribution in [3.63, 3.8) is 0 Å². The molecule has 100 valence electrons. The van der Waals surface area contributed by atoms with Gasteiger partial charge in [0.25, 0.3) is 0 Å². The summed E-state index contributed by atoms with van der Waals surface area (Å²) in [6.45, 7) is 9.28. The lowest BCUT2D eigenvalue weighted by atomic mass is 10.0. The number of rotatable bonds is 6. The highest BCUT2D eigenvalue weighted by atomic mass is 16.5. The van der Waals surface area contributed by atoms with Crippen LogP contribution in [0.1, 0.15) is 40.0 Å². The lowest BCUT2D eigenvalue weighted by Crippen LogP contribution is -2.49. The quantitative estimate of drug-likeness (QED) is 0.715. The van der Waals surface area contributed by atoms with Crippen molar-refractivity contribution >= 4 is 5.97 Å². The molecule has 2 unspecified atom stereocenters. The van der Waals surface area contributed by atoms with Crippen LogP contribution in [0.15, 0.2) is 0 Å². The van der Waals surface area contributed by atoms with Crippen LogP contribution in [0.3, 0.4) is 0 Å². The maximum atomic E-state index is 11.7. The van der Waals surface area contributed by atoms with Gasteiger partial charge < -0.3 is 10.1 Å². The molecule has 0 aromatic carbocycles. The van der Waals surface area contributed by atoms with Gasteiger partial charge in [0.1, 0.15) is 6.04 Å². The third kappa shape index (κ3) is 4.64. The number of hydrogen-bond acceptors (Lipinski definition) is 4. The van der Waals surface area contributed by atoms with Crippen LogP contribution in [0.4, 0.5) is 0 Å². The summed E-state index contributed by atoms with van der Waals surface area (Å²) in [6.07, 6.45) is 3.78. The Labute approximate surface area is 105 Å². The van der Waals surface area contributed by atoms with Crippen LogP contribution in [0.2, 0.25) is 0 Å². The zero-order chi connectivity index (χ0) is 12.7. The fourth-order valence-corrected chi connectivity index (χ4v) is 2.34. The number of esters is 1. The number of piperidine rings is 1. The Balaban J connectivity index is 2.42. The van der Waals surface area contributed by atoms with Gasteiger partial charge in [-0.25, -0.2) is 0 Å². The first-order valence-electron chi connectivity index (χ1n) is 6.83. The van der Waals surface area contributed by atoms with E-state index in [9.17, 15) is 4.79 Å². The Kier molecular flexibility index (Phi) is 6.52. The van der Waals surface area contributed by atoms with Gasteiger partial charge >= 0.3 is 5.97 Å². The smallest absolute Gasteiger partial charge is 0.323 e. The molecule has 1 heterocycles. The van der Waals surface area contributed by atoms with Gasteiger partial charge in [-0.2, -0.15) is 0 Å². The molecule has 1 N–H and O–H groups in total. The number of carbonyl (C=O) groups is 1. The van der Waals surface area contributed by atoms with Gasteiger partial charge in [-0.1, -0.05) is 13.3 Å². The van der Waals surface area contributed by atoms with Gasteiger partial charge in [-0.15, -0.1) is 0 Å². The molecular weight excluding hydrogens is 216 g/mol. The maximum Gasteiger partial charge on any atom is 0.323 e. The second-order valence-corrected chi connectivity index (χ2v) is 4.66. The second kappa shape index (κ2) is 7.67. The molecule has 0 amide bonds. The number of likely N-dealkylation sites (N-methyl/N-ethyl adjacent to an activating group) is 1. The predicted octanol–water partition coefficient (Wildman–Crippen LogP) is 1.40. The first-order valence-corrected chi connectivity index (χ1v) is 6.83. The number of hydrogen-bond donors (Lipinski definition) is 1. The minimum atomic E-state index is -0.135. The highest BCUT2D eigenvalue weighted by Gasteiger charge is 2.24. The minimum Gasteiger partial charge on any atom is -0.465 e.